The van der Waals surface area contributed by atoms with Gasteiger partial charge in [0.15, 0.2) is 0 Å². The molecule has 0 radical (unpaired) electrons. The Balaban J connectivity index is 2.02. The third-order valence-corrected chi connectivity index (χ3v) is 4.88. The van der Waals surface area contributed by atoms with Gasteiger partial charge in [0, 0.05) is 23.2 Å². The van der Waals surface area contributed by atoms with Crippen LogP contribution in [0.1, 0.15) is 10.4 Å². The van der Waals surface area contributed by atoms with Crippen molar-refractivity contribution in [1.29, 1.82) is 0 Å². The SMILES string of the molecule is CN(C)CCSc1nc2ccccc2cc1-c1ccc(C(=O)O)cc1. The van der Waals surface area contributed by atoms with Gasteiger partial charge in [0.2, 0.25) is 0 Å². The monoisotopic (exact) mass is 352 g/mol. The number of hydrogen-bond acceptors (Lipinski definition) is 4. The molecule has 0 aliphatic carbocycles. The summed E-state index contributed by atoms with van der Waals surface area (Å²) >= 11 is 1.73. The van der Waals surface area contributed by atoms with Crippen LogP contribution < -0.4 is 0 Å². The van der Waals surface area contributed by atoms with Gasteiger partial charge < -0.3 is 10.0 Å². The van der Waals surface area contributed by atoms with Gasteiger partial charge in [-0.05, 0) is 43.9 Å². The standard InChI is InChI=1S/C20H20N2O2S/c1-22(2)11-12-25-19-17(13-16-5-3-4-6-18(16)21-19)14-7-9-15(10-8-14)20(23)24/h3-10,13H,11-12H2,1-2H3,(H,23,24). The molecule has 4 nitrogen and oxygen atoms in total. The fraction of sp³-hybridized carbons (Fsp3) is 0.200. The van der Waals surface area contributed by atoms with Crippen LogP contribution in [0.25, 0.3) is 22.0 Å². The highest BCUT2D eigenvalue weighted by Gasteiger charge is 2.11. The van der Waals surface area contributed by atoms with Gasteiger partial charge in [0.1, 0.15) is 5.03 Å². The van der Waals surface area contributed by atoms with E-state index in [-0.39, 0.29) is 0 Å². The second-order valence-corrected chi connectivity index (χ2v) is 7.15. The van der Waals surface area contributed by atoms with Crippen LogP contribution >= 0.6 is 11.8 Å². The van der Waals surface area contributed by atoms with Crippen molar-refractivity contribution in [2.75, 3.05) is 26.4 Å². The Kier molecular flexibility index (Phi) is 5.36. The maximum Gasteiger partial charge on any atom is 0.335 e. The third-order valence-electron chi connectivity index (χ3n) is 3.91. The fourth-order valence-electron chi connectivity index (χ4n) is 2.53. The molecule has 0 spiro atoms. The number of para-hydroxylation sites is 1. The summed E-state index contributed by atoms with van der Waals surface area (Å²) in [6.45, 7) is 0.969. The number of nitrogens with zero attached hydrogens (tertiary/aromatic N) is 2. The van der Waals surface area contributed by atoms with Crippen molar-refractivity contribution in [1.82, 2.24) is 9.88 Å². The van der Waals surface area contributed by atoms with E-state index in [4.69, 9.17) is 10.1 Å². The molecule has 0 saturated heterocycles. The van der Waals surface area contributed by atoms with E-state index >= 15 is 0 Å². The first kappa shape index (κ1) is 17.5. The van der Waals surface area contributed by atoms with Crippen molar-refractivity contribution < 1.29 is 9.90 Å². The molecule has 2 aromatic carbocycles. The van der Waals surface area contributed by atoms with Crippen LogP contribution in [-0.2, 0) is 0 Å². The number of rotatable bonds is 6. The number of fused-ring (bicyclic) bond motifs is 1. The first-order chi connectivity index (χ1) is 12.0. The Morgan fingerprint density at radius 1 is 1.12 bits per heavy atom. The molecule has 1 heterocycles. The summed E-state index contributed by atoms with van der Waals surface area (Å²) in [7, 11) is 4.11. The van der Waals surface area contributed by atoms with E-state index < -0.39 is 5.97 Å². The van der Waals surface area contributed by atoms with Gasteiger partial charge in [0.05, 0.1) is 11.1 Å². The number of aromatic nitrogens is 1. The molecule has 0 atom stereocenters. The molecule has 1 aromatic heterocycles. The quantitative estimate of drug-likeness (QED) is 0.672. The predicted octanol–water partition coefficient (Wildman–Crippen LogP) is 4.25. The smallest absolute Gasteiger partial charge is 0.335 e. The van der Waals surface area contributed by atoms with E-state index in [2.05, 4.69) is 25.1 Å². The zero-order valence-electron chi connectivity index (χ0n) is 14.3. The molecular weight excluding hydrogens is 332 g/mol. The minimum atomic E-state index is -0.913. The van der Waals surface area contributed by atoms with Crippen LogP contribution in [0.2, 0.25) is 0 Å². The van der Waals surface area contributed by atoms with E-state index in [0.29, 0.717) is 5.56 Å². The Morgan fingerprint density at radius 2 is 1.84 bits per heavy atom. The number of benzene rings is 2. The van der Waals surface area contributed by atoms with E-state index in [0.717, 1.165) is 39.4 Å². The highest BCUT2D eigenvalue weighted by molar-refractivity contribution is 7.99. The largest absolute Gasteiger partial charge is 0.478 e. The Hall–Kier alpha value is -2.37. The van der Waals surface area contributed by atoms with E-state index in [1.165, 1.54) is 0 Å². The molecule has 5 heteroatoms. The Bertz CT molecular complexity index is 892. The van der Waals surface area contributed by atoms with Crippen LogP contribution in [0.4, 0.5) is 0 Å². The van der Waals surface area contributed by atoms with Crippen molar-refractivity contribution in [3.63, 3.8) is 0 Å². The highest BCUT2D eigenvalue weighted by Crippen LogP contribution is 2.33. The zero-order valence-corrected chi connectivity index (χ0v) is 15.1. The third kappa shape index (κ3) is 4.18. The highest BCUT2D eigenvalue weighted by atomic mass is 32.2. The summed E-state index contributed by atoms with van der Waals surface area (Å²) < 4.78 is 0. The van der Waals surface area contributed by atoms with E-state index in [1.54, 1.807) is 23.9 Å². The molecule has 0 aliphatic rings. The number of carbonyl (C=O) groups is 1. The molecule has 1 N–H and O–H groups in total. The van der Waals surface area contributed by atoms with Crippen molar-refractivity contribution in [3.8, 4) is 11.1 Å². The maximum absolute atomic E-state index is 11.1. The topological polar surface area (TPSA) is 53.4 Å². The molecule has 3 aromatic rings. The molecule has 0 aliphatic heterocycles. The predicted molar refractivity (Wildman–Crippen MR) is 103 cm³/mol. The summed E-state index contributed by atoms with van der Waals surface area (Å²) in [6, 6.07) is 17.2. The fourth-order valence-corrected chi connectivity index (χ4v) is 3.68. The molecule has 0 bridgehead atoms. The molecular formula is C20H20N2O2S. The summed E-state index contributed by atoms with van der Waals surface area (Å²) in [5.41, 5.74) is 3.29. The maximum atomic E-state index is 11.1. The van der Waals surface area contributed by atoms with Gasteiger partial charge in [-0.25, -0.2) is 9.78 Å². The number of aromatic carboxylic acids is 1. The van der Waals surface area contributed by atoms with Crippen LogP contribution in [0.5, 0.6) is 0 Å². The van der Waals surface area contributed by atoms with Crippen molar-refractivity contribution in [3.05, 3.63) is 60.2 Å². The summed E-state index contributed by atoms with van der Waals surface area (Å²) in [5, 5.41) is 11.1. The van der Waals surface area contributed by atoms with Gasteiger partial charge in [0.25, 0.3) is 0 Å². The average Bonchev–Trinajstić information content (AvgIpc) is 2.61. The number of thioether (sulfide) groups is 1. The summed E-state index contributed by atoms with van der Waals surface area (Å²) in [6.07, 6.45) is 0. The molecule has 3 rings (SSSR count). The summed E-state index contributed by atoms with van der Waals surface area (Å²) in [5.74, 6) is 0.0298. The number of carboxylic acids is 1. The molecule has 128 valence electrons. The van der Waals surface area contributed by atoms with Gasteiger partial charge >= 0.3 is 5.97 Å². The molecule has 25 heavy (non-hydrogen) atoms. The lowest BCUT2D eigenvalue weighted by atomic mass is 10.0. The Labute approximate surface area is 151 Å². The number of hydrogen-bond donors (Lipinski definition) is 1. The van der Waals surface area contributed by atoms with Crippen molar-refractivity contribution in [2.24, 2.45) is 0 Å². The molecule has 0 fully saturated rings. The number of pyridine rings is 1. The van der Waals surface area contributed by atoms with Crippen LogP contribution in [0.3, 0.4) is 0 Å². The lowest BCUT2D eigenvalue weighted by Crippen LogP contribution is -2.14. The van der Waals surface area contributed by atoms with Crippen LogP contribution in [-0.4, -0.2) is 47.4 Å². The first-order valence-corrected chi connectivity index (χ1v) is 9.04. The van der Waals surface area contributed by atoms with Gasteiger partial charge in [-0.15, -0.1) is 11.8 Å². The van der Waals surface area contributed by atoms with Gasteiger partial charge in [-0.3, -0.25) is 0 Å². The van der Waals surface area contributed by atoms with Crippen molar-refractivity contribution in [2.45, 2.75) is 5.03 Å². The minimum absolute atomic E-state index is 0.291. The zero-order chi connectivity index (χ0) is 17.8. The average molecular weight is 352 g/mol. The minimum Gasteiger partial charge on any atom is -0.478 e. The molecule has 0 amide bonds. The lowest BCUT2D eigenvalue weighted by molar-refractivity contribution is 0.0697. The molecule has 0 saturated carbocycles. The van der Waals surface area contributed by atoms with Gasteiger partial charge in [-0.1, -0.05) is 30.3 Å². The van der Waals surface area contributed by atoms with Crippen molar-refractivity contribution >= 4 is 28.6 Å². The summed E-state index contributed by atoms with van der Waals surface area (Å²) in [4.78, 5) is 18.1. The molecule has 0 unspecified atom stereocenters. The van der Waals surface area contributed by atoms with E-state index in [1.807, 2.05) is 36.4 Å². The normalized spacial score (nSPS) is 11.2. The second kappa shape index (κ2) is 7.68. The lowest BCUT2D eigenvalue weighted by Gasteiger charge is -2.13. The van der Waals surface area contributed by atoms with E-state index in [9.17, 15) is 4.79 Å². The Morgan fingerprint density at radius 3 is 2.52 bits per heavy atom. The van der Waals surface area contributed by atoms with Crippen LogP contribution in [0, 0.1) is 0 Å². The van der Waals surface area contributed by atoms with Crippen LogP contribution in [0.15, 0.2) is 59.6 Å². The first-order valence-electron chi connectivity index (χ1n) is 8.05. The van der Waals surface area contributed by atoms with Gasteiger partial charge in [-0.2, -0.15) is 0 Å². The number of carboxylic acid groups (broad SMARTS) is 1. The second-order valence-electron chi connectivity index (χ2n) is 6.07.